The summed E-state index contributed by atoms with van der Waals surface area (Å²) in [5, 5.41) is 2.94. The van der Waals surface area contributed by atoms with Crippen LogP contribution in [0.4, 0.5) is 5.69 Å². The fourth-order valence-corrected chi connectivity index (χ4v) is 3.23. The fourth-order valence-electron chi connectivity index (χ4n) is 2.69. The maximum absolute atomic E-state index is 12.2. The summed E-state index contributed by atoms with van der Waals surface area (Å²) in [4.78, 5) is 12.5. The second-order valence-corrected chi connectivity index (χ2v) is 6.67. The molecule has 0 heterocycles. The zero-order valence-corrected chi connectivity index (χ0v) is 13.7. The summed E-state index contributed by atoms with van der Waals surface area (Å²) in [6.07, 6.45) is 6.70. The van der Waals surface area contributed by atoms with Crippen molar-refractivity contribution in [1.82, 2.24) is 0 Å². The Balaban J connectivity index is 2.03. The van der Waals surface area contributed by atoms with Crippen molar-refractivity contribution < 1.29 is 4.79 Å². The summed E-state index contributed by atoms with van der Waals surface area (Å²) in [5.74, 6) is 0.566. The Morgan fingerprint density at radius 2 is 2.05 bits per heavy atom. The number of anilines is 1. The third kappa shape index (κ3) is 4.28. The highest BCUT2D eigenvalue weighted by Crippen LogP contribution is 2.27. The van der Waals surface area contributed by atoms with Gasteiger partial charge in [0.15, 0.2) is 0 Å². The summed E-state index contributed by atoms with van der Waals surface area (Å²) in [5.41, 5.74) is 7.09. The van der Waals surface area contributed by atoms with E-state index in [2.05, 4.69) is 21.2 Å². The Bertz CT molecular complexity index is 513. The summed E-state index contributed by atoms with van der Waals surface area (Å²) in [6, 6.07) is 5.53. The molecule has 0 aliphatic heterocycles. The molecule has 0 radical (unpaired) electrons. The molecule has 1 aromatic carbocycles. The lowest BCUT2D eigenvalue weighted by Gasteiger charge is -2.21. The Morgan fingerprint density at radius 3 is 2.70 bits per heavy atom. The second-order valence-electron chi connectivity index (χ2n) is 5.31. The van der Waals surface area contributed by atoms with Crippen molar-refractivity contribution in [2.24, 2.45) is 11.7 Å². The van der Waals surface area contributed by atoms with Crippen molar-refractivity contribution in [2.75, 3.05) is 5.32 Å². The van der Waals surface area contributed by atoms with Gasteiger partial charge in [0.2, 0.25) is 5.91 Å². The van der Waals surface area contributed by atoms with E-state index in [-0.39, 0.29) is 5.91 Å². The zero-order valence-electron chi connectivity index (χ0n) is 11.3. The van der Waals surface area contributed by atoms with Gasteiger partial charge in [-0.1, -0.05) is 47.4 Å². The van der Waals surface area contributed by atoms with Gasteiger partial charge in [0.25, 0.3) is 0 Å². The highest BCUT2D eigenvalue weighted by Gasteiger charge is 2.18. The highest BCUT2D eigenvalue weighted by atomic mass is 79.9. The van der Waals surface area contributed by atoms with Crippen molar-refractivity contribution in [3.05, 3.63) is 28.2 Å². The smallest absolute Gasteiger partial charge is 0.224 e. The van der Waals surface area contributed by atoms with Gasteiger partial charge in [-0.25, -0.2) is 0 Å². The van der Waals surface area contributed by atoms with Crippen LogP contribution in [-0.2, 0) is 4.79 Å². The number of hydrogen-bond donors (Lipinski definition) is 2. The van der Waals surface area contributed by atoms with Crippen LogP contribution in [0.25, 0.3) is 0 Å². The Hall–Kier alpha value is -0.940. The first kappa shape index (κ1) is 15.4. The Morgan fingerprint density at radius 1 is 1.35 bits per heavy atom. The average Bonchev–Trinajstić information content (AvgIpc) is 2.39. The van der Waals surface area contributed by atoms with E-state index in [1.54, 1.807) is 0 Å². The predicted molar refractivity (Wildman–Crippen MR) is 89.9 cm³/mol. The number of carbonyl (C=O) groups excluding carboxylic acids is 1. The molecule has 1 amide bonds. The van der Waals surface area contributed by atoms with Gasteiger partial charge in [0.05, 0.1) is 5.69 Å². The number of halogens is 1. The van der Waals surface area contributed by atoms with E-state index in [0.717, 1.165) is 17.3 Å². The van der Waals surface area contributed by atoms with Gasteiger partial charge in [-0.05, 0) is 37.0 Å². The largest absolute Gasteiger partial charge is 0.389 e. The molecule has 0 saturated heterocycles. The Kier molecular flexibility index (Phi) is 5.54. The highest BCUT2D eigenvalue weighted by molar-refractivity contribution is 9.10. The van der Waals surface area contributed by atoms with Crippen LogP contribution in [0.2, 0.25) is 0 Å². The first-order chi connectivity index (χ1) is 9.56. The van der Waals surface area contributed by atoms with Gasteiger partial charge in [0.1, 0.15) is 4.99 Å². The van der Waals surface area contributed by atoms with E-state index < -0.39 is 0 Å². The van der Waals surface area contributed by atoms with E-state index >= 15 is 0 Å². The lowest BCUT2D eigenvalue weighted by atomic mass is 9.87. The fraction of sp³-hybridized carbons (Fsp3) is 0.467. The van der Waals surface area contributed by atoms with Crippen LogP contribution in [0, 0.1) is 5.92 Å². The van der Waals surface area contributed by atoms with Gasteiger partial charge in [-0.15, -0.1) is 0 Å². The molecule has 2 rings (SSSR count). The molecule has 1 saturated carbocycles. The van der Waals surface area contributed by atoms with E-state index in [0.29, 0.717) is 28.6 Å². The minimum Gasteiger partial charge on any atom is -0.389 e. The van der Waals surface area contributed by atoms with Crippen molar-refractivity contribution in [2.45, 2.75) is 38.5 Å². The predicted octanol–water partition coefficient (Wildman–Crippen LogP) is 3.99. The van der Waals surface area contributed by atoms with E-state index in [9.17, 15) is 4.79 Å². The summed E-state index contributed by atoms with van der Waals surface area (Å²) in [7, 11) is 0. The molecule has 1 aliphatic carbocycles. The summed E-state index contributed by atoms with van der Waals surface area (Å²) in [6.45, 7) is 0. The van der Waals surface area contributed by atoms with Crippen LogP contribution in [-0.4, -0.2) is 10.9 Å². The number of nitrogens with one attached hydrogen (secondary N) is 1. The molecule has 1 aliphatic rings. The molecule has 3 N–H and O–H groups in total. The quantitative estimate of drug-likeness (QED) is 0.803. The molecule has 20 heavy (non-hydrogen) atoms. The molecule has 5 heteroatoms. The molecule has 0 bridgehead atoms. The monoisotopic (exact) mass is 354 g/mol. The minimum absolute atomic E-state index is 0.0486. The van der Waals surface area contributed by atoms with Crippen LogP contribution in [0.1, 0.15) is 44.1 Å². The first-order valence-electron chi connectivity index (χ1n) is 6.95. The number of rotatable bonds is 4. The number of hydrogen-bond acceptors (Lipinski definition) is 2. The molecule has 108 valence electrons. The van der Waals surface area contributed by atoms with Crippen molar-refractivity contribution in [1.29, 1.82) is 0 Å². The molecule has 0 aromatic heterocycles. The molecule has 0 atom stereocenters. The zero-order chi connectivity index (χ0) is 14.5. The van der Waals surface area contributed by atoms with Crippen LogP contribution in [0.3, 0.4) is 0 Å². The maximum atomic E-state index is 12.2. The second kappa shape index (κ2) is 7.18. The van der Waals surface area contributed by atoms with Crippen LogP contribution >= 0.6 is 28.1 Å². The molecule has 1 fully saturated rings. The topological polar surface area (TPSA) is 55.1 Å². The van der Waals surface area contributed by atoms with E-state index in [1.165, 1.54) is 19.3 Å². The average molecular weight is 355 g/mol. The van der Waals surface area contributed by atoms with Gasteiger partial charge >= 0.3 is 0 Å². The Labute approximate surface area is 133 Å². The molecule has 1 aromatic rings. The van der Waals surface area contributed by atoms with Crippen molar-refractivity contribution in [3.8, 4) is 0 Å². The lowest BCUT2D eigenvalue weighted by Crippen LogP contribution is -2.20. The van der Waals surface area contributed by atoms with Gasteiger partial charge < -0.3 is 11.1 Å². The SMILES string of the molecule is NC(=S)c1ccc(Br)cc1NC(=O)CC1CCCCC1. The van der Waals surface area contributed by atoms with Crippen LogP contribution in [0.15, 0.2) is 22.7 Å². The molecular formula is C15H19BrN2OS. The van der Waals surface area contributed by atoms with Gasteiger partial charge in [-0.2, -0.15) is 0 Å². The maximum Gasteiger partial charge on any atom is 0.224 e. The molecule has 0 unspecified atom stereocenters. The molecule has 0 spiro atoms. The van der Waals surface area contributed by atoms with Crippen molar-refractivity contribution >= 4 is 44.7 Å². The van der Waals surface area contributed by atoms with Crippen molar-refractivity contribution in [3.63, 3.8) is 0 Å². The van der Waals surface area contributed by atoms with E-state index in [4.69, 9.17) is 18.0 Å². The number of amides is 1. The molecule has 3 nitrogen and oxygen atoms in total. The number of carbonyl (C=O) groups is 1. The van der Waals surface area contributed by atoms with Gasteiger partial charge in [-0.3, -0.25) is 4.79 Å². The number of thiocarbonyl (C=S) groups is 1. The summed E-state index contributed by atoms with van der Waals surface area (Å²) >= 11 is 8.42. The van der Waals surface area contributed by atoms with Crippen LogP contribution < -0.4 is 11.1 Å². The lowest BCUT2D eigenvalue weighted by molar-refractivity contribution is -0.117. The summed E-state index contributed by atoms with van der Waals surface area (Å²) < 4.78 is 0.894. The third-order valence-corrected chi connectivity index (χ3v) is 4.43. The number of benzene rings is 1. The number of nitrogens with two attached hydrogens (primary N) is 1. The minimum atomic E-state index is 0.0486. The van der Waals surface area contributed by atoms with E-state index in [1.807, 2.05) is 18.2 Å². The standard InChI is InChI=1S/C15H19BrN2OS/c16-11-6-7-12(15(17)20)13(9-11)18-14(19)8-10-4-2-1-3-5-10/h6-7,9-10H,1-5,8H2,(H2,17,20)(H,18,19). The first-order valence-corrected chi connectivity index (χ1v) is 8.15. The van der Waals surface area contributed by atoms with Crippen LogP contribution in [0.5, 0.6) is 0 Å². The normalized spacial score (nSPS) is 15.8. The van der Waals surface area contributed by atoms with Gasteiger partial charge in [0, 0.05) is 16.5 Å². The molecular weight excluding hydrogens is 336 g/mol. The third-order valence-electron chi connectivity index (χ3n) is 3.72.